The first-order chi connectivity index (χ1) is 15.6. The summed E-state index contributed by atoms with van der Waals surface area (Å²) in [5, 5.41) is 15.9. The first-order valence-corrected chi connectivity index (χ1v) is 10.0. The standard InChI is InChI=1S/C22H22N4O7/c1-22(2)21(30)24-16-5-3-4-6-17(16)25(22)18(27)13-33-19(28)11-12-23-20(29)14-7-9-15(10-8-14)26(31)32/h3-10H,11-13H2,1-2H3,(H,23,29)(H,24,30). The van der Waals surface area contributed by atoms with E-state index in [4.69, 9.17) is 4.74 Å². The molecule has 11 nitrogen and oxygen atoms in total. The molecule has 2 N–H and O–H groups in total. The summed E-state index contributed by atoms with van der Waals surface area (Å²) in [6.07, 6.45) is -0.188. The van der Waals surface area contributed by atoms with Gasteiger partial charge in [0.15, 0.2) is 6.61 Å². The molecule has 0 bridgehead atoms. The molecule has 0 saturated carbocycles. The Morgan fingerprint density at radius 2 is 1.79 bits per heavy atom. The minimum atomic E-state index is -1.18. The Bertz CT molecular complexity index is 1110. The highest BCUT2D eigenvalue weighted by atomic mass is 16.6. The van der Waals surface area contributed by atoms with E-state index in [1.165, 1.54) is 29.2 Å². The van der Waals surface area contributed by atoms with Crippen molar-refractivity contribution in [2.24, 2.45) is 0 Å². The van der Waals surface area contributed by atoms with Crippen molar-refractivity contribution >= 4 is 40.8 Å². The molecule has 3 amide bonds. The molecular weight excluding hydrogens is 432 g/mol. The van der Waals surface area contributed by atoms with Gasteiger partial charge in [-0.2, -0.15) is 0 Å². The number of amides is 3. The molecule has 0 unspecified atom stereocenters. The van der Waals surface area contributed by atoms with E-state index in [2.05, 4.69) is 10.6 Å². The molecule has 3 rings (SSSR count). The fraction of sp³-hybridized carbons (Fsp3) is 0.273. The summed E-state index contributed by atoms with van der Waals surface area (Å²) in [6.45, 7) is 2.56. The Labute approximate surface area is 188 Å². The highest BCUT2D eigenvalue weighted by Gasteiger charge is 2.43. The minimum absolute atomic E-state index is 0.0523. The molecule has 172 valence electrons. The molecule has 33 heavy (non-hydrogen) atoms. The second-order valence-electron chi connectivity index (χ2n) is 7.73. The van der Waals surface area contributed by atoms with Crippen LogP contribution in [0.1, 0.15) is 30.6 Å². The van der Waals surface area contributed by atoms with Gasteiger partial charge in [-0.1, -0.05) is 12.1 Å². The van der Waals surface area contributed by atoms with Crippen LogP contribution < -0.4 is 15.5 Å². The van der Waals surface area contributed by atoms with Gasteiger partial charge in [-0.15, -0.1) is 0 Å². The van der Waals surface area contributed by atoms with E-state index in [0.717, 1.165) is 0 Å². The molecule has 11 heteroatoms. The number of nitrogens with one attached hydrogen (secondary N) is 2. The third-order valence-electron chi connectivity index (χ3n) is 5.07. The molecule has 0 radical (unpaired) electrons. The fourth-order valence-electron chi connectivity index (χ4n) is 3.29. The van der Waals surface area contributed by atoms with Gasteiger partial charge in [-0.05, 0) is 38.1 Å². The van der Waals surface area contributed by atoms with Crippen LogP contribution in [0.15, 0.2) is 48.5 Å². The number of anilines is 2. The number of nitro groups is 1. The smallest absolute Gasteiger partial charge is 0.308 e. The molecule has 0 aromatic heterocycles. The lowest BCUT2D eigenvalue weighted by Crippen LogP contribution is -2.59. The minimum Gasteiger partial charge on any atom is -0.455 e. The Balaban J connectivity index is 1.51. The van der Waals surface area contributed by atoms with Gasteiger partial charge in [0.05, 0.1) is 22.7 Å². The molecule has 0 aliphatic carbocycles. The summed E-state index contributed by atoms with van der Waals surface area (Å²) in [5.74, 6) is -2.15. The van der Waals surface area contributed by atoms with Crippen molar-refractivity contribution in [3.63, 3.8) is 0 Å². The molecule has 2 aromatic carbocycles. The number of ether oxygens (including phenoxy) is 1. The van der Waals surface area contributed by atoms with Crippen molar-refractivity contribution in [2.75, 3.05) is 23.4 Å². The summed E-state index contributed by atoms with van der Waals surface area (Å²) in [4.78, 5) is 60.7. The monoisotopic (exact) mass is 454 g/mol. The van der Waals surface area contributed by atoms with Gasteiger partial charge in [-0.3, -0.25) is 34.2 Å². The van der Waals surface area contributed by atoms with Crippen LogP contribution in [0, 0.1) is 10.1 Å². The van der Waals surface area contributed by atoms with Crippen LogP contribution in [0.4, 0.5) is 17.1 Å². The van der Waals surface area contributed by atoms with E-state index < -0.39 is 34.9 Å². The zero-order valence-electron chi connectivity index (χ0n) is 18.0. The van der Waals surface area contributed by atoms with Crippen LogP contribution in [0.5, 0.6) is 0 Å². The number of fused-ring (bicyclic) bond motifs is 1. The van der Waals surface area contributed by atoms with E-state index in [1.54, 1.807) is 38.1 Å². The SMILES string of the molecule is CC1(C)C(=O)Nc2ccccc2N1C(=O)COC(=O)CCNC(=O)c1ccc([N+](=O)[O-])cc1. The second kappa shape index (κ2) is 9.47. The van der Waals surface area contributed by atoms with Crippen molar-refractivity contribution < 1.29 is 28.8 Å². The molecule has 1 heterocycles. The number of carbonyl (C=O) groups is 4. The number of non-ortho nitro benzene ring substituents is 1. The zero-order chi connectivity index (χ0) is 24.2. The quantitative estimate of drug-likeness (QED) is 0.369. The fourth-order valence-corrected chi connectivity index (χ4v) is 3.29. The average molecular weight is 454 g/mol. The summed E-state index contributed by atoms with van der Waals surface area (Å²) < 4.78 is 5.04. The third-order valence-corrected chi connectivity index (χ3v) is 5.07. The Morgan fingerprint density at radius 1 is 1.12 bits per heavy atom. The molecule has 2 aromatic rings. The predicted octanol–water partition coefficient (Wildman–Crippen LogP) is 2.02. The van der Waals surface area contributed by atoms with E-state index >= 15 is 0 Å². The molecule has 0 spiro atoms. The summed E-state index contributed by atoms with van der Waals surface area (Å²) in [5.41, 5.74) is -0.143. The van der Waals surface area contributed by atoms with Crippen LogP contribution in [0.25, 0.3) is 0 Å². The largest absolute Gasteiger partial charge is 0.455 e. The van der Waals surface area contributed by atoms with Crippen molar-refractivity contribution in [3.05, 3.63) is 64.2 Å². The normalized spacial score (nSPS) is 14.0. The Hall–Kier alpha value is -4.28. The van der Waals surface area contributed by atoms with Gasteiger partial charge >= 0.3 is 5.97 Å². The number of para-hydroxylation sites is 2. The summed E-state index contributed by atoms with van der Waals surface area (Å²) >= 11 is 0. The number of hydrogen-bond acceptors (Lipinski definition) is 7. The van der Waals surface area contributed by atoms with Gasteiger partial charge in [0.25, 0.3) is 17.5 Å². The number of carbonyl (C=O) groups excluding carboxylic acids is 4. The van der Waals surface area contributed by atoms with Gasteiger partial charge < -0.3 is 15.4 Å². The van der Waals surface area contributed by atoms with Gasteiger partial charge in [0.2, 0.25) is 5.91 Å². The molecule has 0 atom stereocenters. The Kier molecular flexibility index (Phi) is 6.71. The zero-order valence-corrected chi connectivity index (χ0v) is 18.0. The van der Waals surface area contributed by atoms with Crippen LogP contribution in [-0.4, -0.2) is 47.3 Å². The summed E-state index contributed by atoms with van der Waals surface area (Å²) in [7, 11) is 0. The number of nitro benzene ring substituents is 1. The van der Waals surface area contributed by atoms with E-state index in [0.29, 0.717) is 11.4 Å². The maximum Gasteiger partial charge on any atom is 0.308 e. The van der Waals surface area contributed by atoms with E-state index in [-0.39, 0.29) is 30.1 Å². The van der Waals surface area contributed by atoms with Crippen molar-refractivity contribution in [1.82, 2.24) is 5.32 Å². The van der Waals surface area contributed by atoms with Crippen molar-refractivity contribution in [3.8, 4) is 0 Å². The number of benzene rings is 2. The van der Waals surface area contributed by atoms with Gasteiger partial charge in [0, 0.05) is 24.2 Å². The maximum absolute atomic E-state index is 12.8. The van der Waals surface area contributed by atoms with Gasteiger partial charge in [-0.25, -0.2) is 0 Å². The molecular formula is C22H22N4O7. The van der Waals surface area contributed by atoms with Crippen LogP contribution in [-0.2, 0) is 19.1 Å². The Morgan fingerprint density at radius 3 is 2.45 bits per heavy atom. The molecule has 1 aliphatic rings. The van der Waals surface area contributed by atoms with Crippen molar-refractivity contribution in [1.29, 1.82) is 0 Å². The lowest BCUT2D eigenvalue weighted by atomic mass is 9.96. The molecule has 1 aliphatic heterocycles. The number of rotatable bonds is 7. The summed E-state index contributed by atoms with van der Waals surface area (Å²) in [6, 6.07) is 11.8. The second-order valence-corrected chi connectivity index (χ2v) is 7.73. The topological polar surface area (TPSA) is 148 Å². The third kappa shape index (κ3) is 5.14. The highest BCUT2D eigenvalue weighted by molar-refractivity contribution is 6.14. The first-order valence-electron chi connectivity index (χ1n) is 10.0. The molecule has 0 fully saturated rings. The lowest BCUT2D eigenvalue weighted by Gasteiger charge is -2.41. The lowest BCUT2D eigenvalue weighted by molar-refractivity contribution is -0.384. The van der Waals surface area contributed by atoms with Crippen molar-refractivity contribution in [2.45, 2.75) is 25.8 Å². The first kappa shape index (κ1) is 23.4. The van der Waals surface area contributed by atoms with E-state index in [1.807, 2.05) is 0 Å². The number of hydrogen-bond donors (Lipinski definition) is 2. The maximum atomic E-state index is 12.8. The van der Waals surface area contributed by atoms with E-state index in [9.17, 15) is 29.3 Å². The van der Waals surface area contributed by atoms with Crippen LogP contribution >= 0.6 is 0 Å². The number of esters is 1. The highest BCUT2D eigenvalue weighted by Crippen LogP contribution is 2.36. The van der Waals surface area contributed by atoms with Crippen LogP contribution in [0.3, 0.4) is 0 Å². The number of nitrogens with zero attached hydrogens (tertiary/aromatic N) is 2. The predicted molar refractivity (Wildman–Crippen MR) is 118 cm³/mol. The average Bonchev–Trinajstić information content (AvgIpc) is 2.78. The van der Waals surface area contributed by atoms with Crippen LogP contribution in [0.2, 0.25) is 0 Å². The van der Waals surface area contributed by atoms with Gasteiger partial charge in [0.1, 0.15) is 5.54 Å². The molecule has 0 saturated heterocycles.